The van der Waals surface area contributed by atoms with E-state index in [-0.39, 0.29) is 24.0 Å². The molecule has 0 atom stereocenters. The number of carbonyl (C=O) groups excluding carboxylic acids is 1. The van der Waals surface area contributed by atoms with Gasteiger partial charge in [0, 0.05) is 7.05 Å². The number of carbonyl (C=O) groups is 1. The number of amides is 1. The number of hydrogen-bond donors (Lipinski definition) is 1. The summed E-state index contributed by atoms with van der Waals surface area (Å²) in [6.45, 7) is 0. The quantitative estimate of drug-likeness (QED) is 0.831. The Morgan fingerprint density at radius 2 is 1.40 bits per heavy atom. The van der Waals surface area contributed by atoms with E-state index in [1.807, 2.05) is 0 Å². The van der Waals surface area contributed by atoms with Crippen molar-refractivity contribution < 1.29 is 31.1 Å². The molecule has 0 bridgehead atoms. The van der Waals surface area contributed by atoms with Crippen molar-refractivity contribution >= 4 is 18.3 Å². The van der Waals surface area contributed by atoms with Crippen LogP contribution in [0, 0.1) is 0 Å². The van der Waals surface area contributed by atoms with Gasteiger partial charge in [-0.3, -0.25) is 4.79 Å². The third kappa shape index (κ3) is 4.92. The molecule has 0 heterocycles. The van der Waals surface area contributed by atoms with Crippen molar-refractivity contribution in [3.63, 3.8) is 0 Å². The highest BCUT2D eigenvalue weighted by Crippen LogP contribution is 2.36. The van der Waals surface area contributed by atoms with Gasteiger partial charge in [-0.1, -0.05) is 0 Å². The molecule has 1 aromatic rings. The fraction of sp³-hybridized carbons (Fsp3) is 0.364. The maximum absolute atomic E-state index is 12.5. The molecule has 0 radical (unpaired) electrons. The van der Waals surface area contributed by atoms with Crippen LogP contribution in [0.1, 0.15) is 16.7 Å². The second kappa shape index (κ2) is 6.34. The van der Waals surface area contributed by atoms with Crippen molar-refractivity contribution in [3.05, 3.63) is 34.9 Å². The fourth-order valence-electron chi connectivity index (χ4n) is 1.40. The first-order valence-electron chi connectivity index (χ1n) is 5.03. The van der Waals surface area contributed by atoms with Crippen LogP contribution in [0.15, 0.2) is 18.2 Å². The van der Waals surface area contributed by atoms with Crippen molar-refractivity contribution in [1.29, 1.82) is 0 Å². The summed E-state index contributed by atoms with van der Waals surface area (Å²) in [5.41, 5.74) is -3.20. The predicted molar refractivity (Wildman–Crippen MR) is 61.5 cm³/mol. The van der Waals surface area contributed by atoms with Crippen LogP contribution in [-0.2, 0) is 23.6 Å². The van der Waals surface area contributed by atoms with E-state index in [1.54, 1.807) is 0 Å². The van der Waals surface area contributed by atoms with Gasteiger partial charge >= 0.3 is 12.4 Å². The van der Waals surface area contributed by atoms with E-state index in [1.165, 1.54) is 7.05 Å². The van der Waals surface area contributed by atoms with E-state index in [4.69, 9.17) is 0 Å². The van der Waals surface area contributed by atoms with E-state index in [0.29, 0.717) is 12.1 Å². The highest BCUT2D eigenvalue weighted by Gasteiger charge is 2.36. The minimum absolute atomic E-state index is 0. The molecule has 0 aliphatic heterocycles. The van der Waals surface area contributed by atoms with Gasteiger partial charge in [0.25, 0.3) is 0 Å². The van der Waals surface area contributed by atoms with E-state index in [0.717, 1.165) is 0 Å². The Balaban J connectivity index is 0.00000361. The van der Waals surface area contributed by atoms with Crippen molar-refractivity contribution in [2.45, 2.75) is 18.8 Å². The minimum Gasteiger partial charge on any atom is -0.359 e. The lowest BCUT2D eigenvalue weighted by Gasteiger charge is -2.13. The van der Waals surface area contributed by atoms with Crippen LogP contribution in [-0.4, -0.2) is 13.0 Å². The largest absolute Gasteiger partial charge is 0.416 e. The van der Waals surface area contributed by atoms with Crippen LogP contribution in [0.2, 0.25) is 0 Å². The zero-order valence-corrected chi connectivity index (χ0v) is 10.8. The van der Waals surface area contributed by atoms with Gasteiger partial charge in [0.15, 0.2) is 0 Å². The van der Waals surface area contributed by atoms with Gasteiger partial charge in [0.05, 0.1) is 17.5 Å². The topological polar surface area (TPSA) is 29.1 Å². The Bertz CT molecular complexity index is 451. The molecule has 114 valence electrons. The number of likely N-dealkylation sites (N-methyl/N-ethyl adjacent to an activating group) is 1. The second-order valence-corrected chi connectivity index (χ2v) is 3.76. The summed E-state index contributed by atoms with van der Waals surface area (Å²) in [5.74, 6) is -0.674. The summed E-state index contributed by atoms with van der Waals surface area (Å²) in [5, 5.41) is 2.13. The number of alkyl halides is 6. The summed E-state index contributed by atoms with van der Waals surface area (Å²) in [6.07, 6.45) is -10.4. The third-order valence-corrected chi connectivity index (χ3v) is 2.29. The summed E-state index contributed by atoms with van der Waals surface area (Å²) in [7, 11) is 1.24. The Morgan fingerprint density at radius 1 is 1.00 bits per heavy atom. The first-order valence-corrected chi connectivity index (χ1v) is 5.03. The molecule has 0 aromatic heterocycles. The van der Waals surface area contributed by atoms with Crippen LogP contribution in [0.5, 0.6) is 0 Å². The van der Waals surface area contributed by atoms with E-state index < -0.39 is 35.8 Å². The monoisotopic (exact) mass is 321 g/mol. The smallest absolute Gasteiger partial charge is 0.359 e. The SMILES string of the molecule is CNC(=O)Cc1cc(C(F)(F)F)cc(C(F)(F)F)c1.Cl. The highest BCUT2D eigenvalue weighted by molar-refractivity contribution is 5.85. The molecule has 0 fully saturated rings. The normalized spacial score (nSPS) is 11.8. The molecule has 1 aromatic carbocycles. The summed E-state index contributed by atoms with van der Waals surface area (Å²) < 4.78 is 74.9. The maximum Gasteiger partial charge on any atom is 0.416 e. The lowest BCUT2D eigenvalue weighted by atomic mass is 10.0. The van der Waals surface area contributed by atoms with E-state index in [2.05, 4.69) is 5.32 Å². The molecule has 0 saturated heterocycles. The van der Waals surface area contributed by atoms with Gasteiger partial charge in [-0.15, -0.1) is 12.4 Å². The molecule has 9 heteroatoms. The van der Waals surface area contributed by atoms with Crippen LogP contribution in [0.25, 0.3) is 0 Å². The highest BCUT2D eigenvalue weighted by atomic mass is 35.5. The average Bonchev–Trinajstić information content (AvgIpc) is 2.26. The van der Waals surface area contributed by atoms with Crippen LogP contribution >= 0.6 is 12.4 Å². The zero-order chi connectivity index (χ0) is 14.8. The first kappa shape index (κ1) is 18.6. The summed E-state index contributed by atoms with van der Waals surface area (Å²) in [6, 6.07) is 1.09. The molecule has 0 aliphatic carbocycles. The van der Waals surface area contributed by atoms with E-state index >= 15 is 0 Å². The Labute approximate surface area is 116 Å². The maximum atomic E-state index is 12.5. The van der Waals surface area contributed by atoms with Gasteiger partial charge in [-0.2, -0.15) is 26.3 Å². The van der Waals surface area contributed by atoms with Crippen molar-refractivity contribution in [2.75, 3.05) is 7.05 Å². The molecule has 0 unspecified atom stereocenters. The van der Waals surface area contributed by atoms with Gasteiger partial charge < -0.3 is 5.32 Å². The van der Waals surface area contributed by atoms with Crippen molar-refractivity contribution in [3.8, 4) is 0 Å². The fourth-order valence-corrected chi connectivity index (χ4v) is 1.40. The average molecular weight is 322 g/mol. The second-order valence-electron chi connectivity index (χ2n) is 3.76. The van der Waals surface area contributed by atoms with Crippen molar-refractivity contribution in [1.82, 2.24) is 5.32 Å². The van der Waals surface area contributed by atoms with Gasteiger partial charge in [-0.05, 0) is 23.8 Å². The molecule has 1 N–H and O–H groups in total. The molecule has 1 amide bonds. The Hall–Kier alpha value is -1.44. The molecule has 1 rings (SSSR count). The predicted octanol–water partition coefficient (Wildman–Crippen LogP) is 3.43. The molecular formula is C11H10ClF6NO. The molecular weight excluding hydrogens is 312 g/mol. The van der Waals surface area contributed by atoms with Crippen LogP contribution in [0.4, 0.5) is 26.3 Å². The number of rotatable bonds is 2. The lowest BCUT2D eigenvalue weighted by molar-refractivity contribution is -0.143. The van der Waals surface area contributed by atoms with E-state index in [9.17, 15) is 31.1 Å². The molecule has 2 nitrogen and oxygen atoms in total. The van der Waals surface area contributed by atoms with Crippen LogP contribution in [0.3, 0.4) is 0 Å². The summed E-state index contributed by atoms with van der Waals surface area (Å²) >= 11 is 0. The minimum atomic E-state index is -4.90. The number of halogens is 7. The van der Waals surface area contributed by atoms with Crippen LogP contribution < -0.4 is 5.32 Å². The molecule has 0 saturated carbocycles. The number of nitrogens with one attached hydrogen (secondary N) is 1. The Kier molecular flexibility index (Phi) is 5.88. The zero-order valence-electron chi connectivity index (χ0n) is 10.0. The first-order chi connectivity index (χ1) is 8.54. The molecule has 20 heavy (non-hydrogen) atoms. The Morgan fingerprint density at radius 3 is 1.70 bits per heavy atom. The lowest BCUT2D eigenvalue weighted by Crippen LogP contribution is -2.21. The summed E-state index contributed by atoms with van der Waals surface area (Å²) in [4.78, 5) is 11.0. The molecule has 0 aliphatic rings. The third-order valence-electron chi connectivity index (χ3n) is 2.29. The van der Waals surface area contributed by atoms with Gasteiger partial charge in [-0.25, -0.2) is 0 Å². The standard InChI is InChI=1S/C11H9F6NO.ClH/c1-18-9(19)4-6-2-7(10(12,13)14)5-8(3-6)11(15,16)17;/h2-3,5H,4H2,1H3,(H,18,19);1H. The van der Waals surface area contributed by atoms with Gasteiger partial charge in [0.2, 0.25) is 5.91 Å². The number of benzene rings is 1. The molecule has 0 spiro atoms. The van der Waals surface area contributed by atoms with Crippen molar-refractivity contribution in [2.24, 2.45) is 0 Å². The van der Waals surface area contributed by atoms with Gasteiger partial charge in [0.1, 0.15) is 0 Å². The number of hydrogen-bond acceptors (Lipinski definition) is 1.